The van der Waals surface area contributed by atoms with Gasteiger partial charge in [0, 0.05) is 12.5 Å². The van der Waals surface area contributed by atoms with E-state index < -0.39 is 0 Å². The van der Waals surface area contributed by atoms with Gasteiger partial charge in [0.05, 0.1) is 25.9 Å². The summed E-state index contributed by atoms with van der Waals surface area (Å²) >= 11 is 0. The zero-order valence-corrected chi connectivity index (χ0v) is 21.3. The van der Waals surface area contributed by atoms with Gasteiger partial charge < -0.3 is 19.5 Å². The van der Waals surface area contributed by atoms with Crippen LogP contribution in [0.5, 0.6) is 11.5 Å². The molecular weight excluding hydrogens is 436 g/mol. The van der Waals surface area contributed by atoms with Gasteiger partial charge in [-0.25, -0.2) is 0 Å². The van der Waals surface area contributed by atoms with Crippen LogP contribution in [0.4, 0.5) is 0 Å². The van der Waals surface area contributed by atoms with Crippen LogP contribution in [0.3, 0.4) is 0 Å². The number of hydrogen-bond donors (Lipinski definition) is 1. The lowest BCUT2D eigenvalue weighted by atomic mass is 9.93. The van der Waals surface area contributed by atoms with Gasteiger partial charge in [0.25, 0.3) is 0 Å². The molecule has 0 aromatic heterocycles. The predicted octanol–water partition coefficient (Wildman–Crippen LogP) is 6.48. The molecule has 1 N–H and O–H groups in total. The summed E-state index contributed by atoms with van der Waals surface area (Å²) < 4.78 is 17.2. The van der Waals surface area contributed by atoms with Crippen molar-refractivity contribution in [3.05, 3.63) is 95.6 Å². The summed E-state index contributed by atoms with van der Waals surface area (Å²) in [4.78, 5) is 5.28. The lowest BCUT2D eigenvalue weighted by Crippen LogP contribution is -2.30. The third-order valence-electron chi connectivity index (χ3n) is 6.28. The Morgan fingerprint density at radius 3 is 2.06 bits per heavy atom. The van der Waals surface area contributed by atoms with Crippen LogP contribution >= 0.6 is 0 Å². The van der Waals surface area contributed by atoms with Crippen molar-refractivity contribution in [2.45, 2.75) is 50.8 Å². The van der Waals surface area contributed by atoms with E-state index in [1.807, 2.05) is 18.2 Å². The van der Waals surface area contributed by atoms with Crippen LogP contribution in [-0.4, -0.2) is 32.3 Å². The zero-order chi connectivity index (χ0) is 24.8. The molecule has 3 aromatic carbocycles. The van der Waals surface area contributed by atoms with E-state index in [1.165, 1.54) is 11.1 Å². The van der Waals surface area contributed by atoms with Crippen molar-refractivity contribution < 1.29 is 14.2 Å². The van der Waals surface area contributed by atoms with Crippen molar-refractivity contribution in [3.63, 3.8) is 0 Å². The number of aliphatic imine (C=N–C) groups is 1. The molecule has 0 saturated carbocycles. The first-order valence-corrected chi connectivity index (χ1v) is 12.2. The second-order valence-electron chi connectivity index (χ2n) is 9.82. The largest absolute Gasteiger partial charge is 0.493 e. The highest BCUT2D eigenvalue weighted by atomic mass is 16.5. The molecule has 0 spiro atoms. The molecule has 1 unspecified atom stereocenters. The summed E-state index contributed by atoms with van der Waals surface area (Å²) in [5, 5.41) is 3.79. The average Bonchev–Trinajstić information content (AvgIpc) is 3.32. The van der Waals surface area contributed by atoms with Gasteiger partial charge >= 0.3 is 0 Å². The summed E-state index contributed by atoms with van der Waals surface area (Å²) in [6.45, 7) is 6.87. The van der Waals surface area contributed by atoms with Crippen LogP contribution in [0.25, 0.3) is 0 Å². The quantitative estimate of drug-likeness (QED) is 0.387. The third-order valence-corrected chi connectivity index (χ3v) is 6.28. The van der Waals surface area contributed by atoms with Crippen LogP contribution in [0, 0.1) is 0 Å². The van der Waals surface area contributed by atoms with Crippen molar-refractivity contribution >= 4 is 5.84 Å². The molecule has 184 valence electrons. The lowest BCUT2D eigenvalue weighted by Gasteiger charge is -2.25. The number of rotatable bonds is 9. The van der Waals surface area contributed by atoms with Crippen molar-refractivity contribution in [1.29, 1.82) is 0 Å². The molecule has 1 aliphatic rings. The maximum atomic E-state index is 6.13. The van der Waals surface area contributed by atoms with Gasteiger partial charge in [-0.3, -0.25) is 4.99 Å². The van der Waals surface area contributed by atoms with Crippen LogP contribution in [0.2, 0.25) is 0 Å². The van der Waals surface area contributed by atoms with Gasteiger partial charge in [-0.05, 0) is 56.0 Å². The summed E-state index contributed by atoms with van der Waals surface area (Å²) in [6.07, 6.45) is 0.793. The molecule has 0 aliphatic carbocycles. The van der Waals surface area contributed by atoms with Crippen molar-refractivity contribution in [3.8, 4) is 11.5 Å². The molecular formula is C30H36N2O3. The van der Waals surface area contributed by atoms with E-state index in [9.17, 15) is 0 Å². The van der Waals surface area contributed by atoms with Gasteiger partial charge in [-0.15, -0.1) is 0 Å². The first kappa shape index (κ1) is 24.8. The van der Waals surface area contributed by atoms with Gasteiger partial charge in [0.15, 0.2) is 11.5 Å². The van der Waals surface area contributed by atoms with E-state index in [0.717, 1.165) is 17.8 Å². The Kier molecular flexibility index (Phi) is 7.76. The predicted molar refractivity (Wildman–Crippen MR) is 142 cm³/mol. The number of methoxy groups -OCH3 is 2. The second-order valence-corrected chi connectivity index (χ2v) is 9.82. The van der Waals surface area contributed by atoms with Crippen LogP contribution in [0.1, 0.15) is 61.9 Å². The summed E-state index contributed by atoms with van der Waals surface area (Å²) in [7, 11) is 3.32. The number of nitrogens with zero attached hydrogens (tertiary/aromatic N) is 1. The first-order valence-electron chi connectivity index (χ1n) is 12.2. The minimum absolute atomic E-state index is 0.0141. The molecule has 0 bridgehead atoms. The molecule has 0 saturated heterocycles. The summed E-state index contributed by atoms with van der Waals surface area (Å²) in [6, 6.07) is 27.2. The van der Waals surface area contributed by atoms with E-state index in [0.29, 0.717) is 18.1 Å². The minimum atomic E-state index is -0.202. The highest BCUT2D eigenvalue weighted by Crippen LogP contribution is 2.40. The smallest absolute Gasteiger partial charge is 0.161 e. The number of hydrogen-bond acceptors (Lipinski definition) is 5. The molecule has 5 heteroatoms. The van der Waals surface area contributed by atoms with Crippen molar-refractivity contribution in [2.24, 2.45) is 4.99 Å². The molecule has 1 aliphatic heterocycles. The highest BCUT2D eigenvalue weighted by molar-refractivity contribution is 5.91. The number of benzene rings is 3. The zero-order valence-electron chi connectivity index (χ0n) is 21.3. The molecule has 0 fully saturated rings. The van der Waals surface area contributed by atoms with Gasteiger partial charge in [-0.2, -0.15) is 0 Å². The monoisotopic (exact) mass is 472 g/mol. The SMILES string of the molecule is COc1ccc(C(CCOC(C)(C)C)C2=N[C@H](c3ccccc3)[C@@H](c3ccccc3)N2)cc1OC. The standard InChI is InChI=1S/C30H36N2O3/c1-30(2,3)35-19-18-24(23-16-17-25(33-4)26(20-23)34-5)29-31-27(21-12-8-6-9-13-21)28(32-29)22-14-10-7-11-15-22/h6-17,20,24,27-28H,18-19H2,1-5H3,(H,31,32)/t24?,27-,28-/m1/s1. The molecule has 35 heavy (non-hydrogen) atoms. The van der Waals surface area contributed by atoms with E-state index in [-0.39, 0.29) is 23.6 Å². The first-order chi connectivity index (χ1) is 16.9. The molecule has 0 amide bonds. The van der Waals surface area contributed by atoms with E-state index >= 15 is 0 Å². The van der Waals surface area contributed by atoms with E-state index in [2.05, 4.69) is 86.8 Å². The highest BCUT2D eigenvalue weighted by Gasteiger charge is 2.35. The Balaban J connectivity index is 1.72. The second kappa shape index (κ2) is 11.0. The normalized spacial score (nSPS) is 18.5. The third kappa shape index (κ3) is 6.04. The molecule has 3 atom stereocenters. The Hall–Kier alpha value is -3.31. The van der Waals surface area contributed by atoms with E-state index in [4.69, 9.17) is 19.2 Å². The minimum Gasteiger partial charge on any atom is -0.493 e. The average molecular weight is 473 g/mol. The number of ether oxygens (including phenoxy) is 3. The maximum Gasteiger partial charge on any atom is 0.161 e. The van der Waals surface area contributed by atoms with Crippen molar-refractivity contribution in [2.75, 3.05) is 20.8 Å². The fourth-order valence-corrected chi connectivity index (χ4v) is 4.55. The van der Waals surface area contributed by atoms with Crippen LogP contribution in [0.15, 0.2) is 83.9 Å². The maximum absolute atomic E-state index is 6.13. The van der Waals surface area contributed by atoms with Gasteiger partial charge in [0.2, 0.25) is 0 Å². The molecule has 4 rings (SSSR count). The Bertz CT molecular complexity index is 1120. The lowest BCUT2D eigenvalue weighted by molar-refractivity contribution is -0.00465. The fourth-order valence-electron chi connectivity index (χ4n) is 4.55. The van der Waals surface area contributed by atoms with Gasteiger partial charge in [-0.1, -0.05) is 66.7 Å². The topological polar surface area (TPSA) is 52.1 Å². The van der Waals surface area contributed by atoms with Crippen LogP contribution < -0.4 is 14.8 Å². The molecule has 5 nitrogen and oxygen atoms in total. The Labute approximate surface area is 209 Å². The summed E-state index contributed by atoms with van der Waals surface area (Å²) in [5.74, 6) is 2.42. The molecule has 3 aromatic rings. The number of amidine groups is 1. The number of nitrogens with one attached hydrogen (secondary N) is 1. The van der Waals surface area contributed by atoms with Gasteiger partial charge in [0.1, 0.15) is 11.9 Å². The molecule has 1 heterocycles. The Morgan fingerprint density at radius 1 is 0.829 bits per heavy atom. The summed E-state index contributed by atoms with van der Waals surface area (Å²) in [5.41, 5.74) is 3.33. The van der Waals surface area contributed by atoms with Crippen LogP contribution in [-0.2, 0) is 4.74 Å². The van der Waals surface area contributed by atoms with E-state index in [1.54, 1.807) is 14.2 Å². The van der Waals surface area contributed by atoms with Crippen molar-refractivity contribution in [1.82, 2.24) is 5.32 Å². The fraction of sp³-hybridized carbons (Fsp3) is 0.367. The Morgan fingerprint density at radius 2 is 1.46 bits per heavy atom. The molecule has 0 radical (unpaired) electrons.